The Kier molecular flexibility index (Phi) is 6.33. The second-order valence-corrected chi connectivity index (χ2v) is 6.67. The van der Waals surface area contributed by atoms with Crippen LogP contribution in [0.4, 0.5) is 4.39 Å². The number of aromatic nitrogens is 1. The van der Waals surface area contributed by atoms with Gasteiger partial charge >= 0.3 is 0 Å². The highest BCUT2D eigenvalue weighted by molar-refractivity contribution is 9.10. The third-order valence-electron chi connectivity index (χ3n) is 3.19. The lowest BCUT2D eigenvalue weighted by molar-refractivity contribution is 0.523. The SMILES string of the molecule is CCCNC(Cc1cncc(Br)c1)c1ccc(Br)c(F)c1. The predicted octanol–water partition coefficient (Wildman–Crippen LogP) is 5.03. The van der Waals surface area contributed by atoms with Crippen molar-refractivity contribution in [3.8, 4) is 0 Å². The fourth-order valence-electron chi connectivity index (χ4n) is 2.16. The molecule has 1 heterocycles. The van der Waals surface area contributed by atoms with Crippen LogP contribution in [0.5, 0.6) is 0 Å². The van der Waals surface area contributed by atoms with Gasteiger partial charge in [-0.3, -0.25) is 4.98 Å². The summed E-state index contributed by atoms with van der Waals surface area (Å²) in [5.74, 6) is -0.233. The molecule has 2 rings (SSSR count). The third-order valence-corrected chi connectivity index (χ3v) is 4.26. The molecule has 5 heteroatoms. The van der Waals surface area contributed by atoms with Gasteiger partial charge in [-0.1, -0.05) is 13.0 Å². The highest BCUT2D eigenvalue weighted by Crippen LogP contribution is 2.24. The van der Waals surface area contributed by atoms with E-state index in [-0.39, 0.29) is 11.9 Å². The van der Waals surface area contributed by atoms with Crippen molar-refractivity contribution in [2.45, 2.75) is 25.8 Å². The molecule has 21 heavy (non-hydrogen) atoms. The van der Waals surface area contributed by atoms with Crippen molar-refractivity contribution >= 4 is 31.9 Å². The van der Waals surface area contributed by atoms with Gasteiger partial charge in [-0.05, 0) is 80.6 Å². The summed E-state index contributed by atoms with van der Waals surface area (Å²) in [6, 6.07) is 7.41. The lowest BCUT2D eigenvalue weighted by Gasteiger charge is -2.19. The van der Waals surface area contributed by atoms with Gasteiger partial charge in [-0.25, -0.2) is 4.39 Å². The van der Waals surface area contributed by atoms with Gasteiger partial charge in [-0.15, -0.1) is 0 Å². The smallest absolute Gasteiger partial charge is 0.137 e. The lowest BCUT2D eigenvalue weighted by atomic mass is 9.99. The Bertz CT molecular complexity index is 605. The Labute approximate surface area is 141 Å². The lowest BCUT2D eigenvalue weighted by Crippen LogP contribution is -2.24. The second-order valence-electron chi connectivity index (χ2n) is 4.90. The van der Waals surface area contributed by atoms with Gasteiger partial charge in [0.2, 0.25) is 0 Å². The van der Waals surface area contributed by atoms with Crippen molar-refractivity contribution in [3.63, 3.8) is 0 Å². The zero-order chi connectivity index (χ0) is 15.2. The number of pyridine rings is 1. The second kappa shape index (κ2) is 8.01. The summed E-state index contributed by atoms with van der Waals surface area (Å²) in [7, 11) is 0. The highest BCUT2D eigenvalue weighted by atomic mass is 79.9. The van der Waals surface area contributed by atoms with Crippen LogP contribution in [0.25, 0.3) is 0 Å². The molecule has 1 aromatic carbocycles. The molecular weight excluding hydrogens is 399 g/mol. The Balaban J connectivity index is 2.22. The number of rotatable bonds is 6. The van der Waals surface area contributed by atoms with E-state index < -0.39 is 0 Å². The normalized spacial score (nSPS) is 12.4. The Morgan fingerprint density at radius 2 is 2.05 bits per heavy atom. The maximum absolute atomic E-state index is 13.8. The zero-order valence-corrected chi connectivity index (χ0v) is 14.9. The van der Waals surface area contributed by atoms with Crippen LogP contribution in [0.15, 0.2) is 45.6 Å². The minimum Gasteiger partial charge on any atom is -0.310 e. The topological polar surface area (TPSA) is 24.9 Å². The summed E-state index contributed by atoms with van der Waals surface area (Å²) in [5.41, 5.74) is 2.06. The van der Waals surface area contributed by atoms with Gasteiger partial charge in [0.05, 0.1) is 4.47 Å². The number of halogens is 3. The Morgan fingerprint density at radius 3 is 2.71 bits per heavy atom. The van der Waals surface area contributed by atoms with E-state index in [9.17, 15) is 4.39 Å². The molecule has 0 aliphatic carbocycles. The van der Waals surface area contributed by atoms with Crippen LogP contribution < -0.4 is 5.32 Å². The average Bonchev–Trinajstić information content (AvgIpc) is 2.46. The molecule has 2 nitrogen and oxygen atoms in total. The molecule has 1 aromatic heterocycles. The number of hydrogen-bond donors (Lipinski definition) is 1. The molecule has 1 atom stereocenters. The maximum atomic E-state index is 13.8. The number of nitrogens with one attached hydrogen (secondary N) is 1. The fourth-order valence-corrected chi connectivity index (χ4v) is 2.82. The van der Waals surface area contributed by atoms with Crippen LogP contribution >= 0.6 is 31.9 Å². The number of nitrogens with zero attached hydrogens (tertiary/aromatic N) is 1. The summed E-state index contributed by atoms with van der Waals surface area (Å²) in [5, 5.41) is 3.48. The Hall–Kier alpha value is -0.780. The molecule has 2 aromatic rings. The van der Waals surface area contributed by atoms with E-state index in [1.807, 2.05) is 18.3 Å². The van der Waals surface area contributed by atoms with Crippen molar-refractivity contribution in [1.29, 1.82) is 0 Å². The first-order chi connectivity index (χ1) is 10.1. The van der Waals surface area contributed by atoms with E-state index in [0.29, 0.717) is 4.47 Å². The third kappa shape index (κ3) is 4.87. The van der Waals surface area contributed by atoms with Crippen LogP contribution in [-0.4, -0.2) is 11.5 Å². The van der Waals surface area contributed by atoms with Crippen LogP contribution in [0.1, 0.15) is 30.5 Å². The monoisotopic (exact) mass is 414 g/mol. The molecule has 0 aliphatic rings. The molecular formula is C16H17Br2FN2. The van der Waals surface area contributed by atoms with E-state index in [2.05, 4.69) is 49.1 Å². The van der Waals surface area contributed by atoms with Crippen LogP contribution in [0, 0.1) is 5.82 Å². The largest absolute Gasteiger partial charge is 0.310 e. The summed E-state index contributed by atoms with van der Waals surface area (Å²) >= 11 is 6.63. The van der Waals surface area contributed by atoms with Crippen molar-refractivity contribution in [2.24, 2.45) is 0 Å². The van der Waals surface area contributed by atoms with Gasteiger partial charge < -0.3 is 5.32 Å². The number of hydrogen-bond acceptors (Lipinski definition) is 2. The molecule has 0 bridgehead atoms. The van der Waals surface area contributed by atoms with Gasteiger partial charge in [0.15, 0.2) is 0 Å². The first kappa shape index (κ1) is 16.6. The number of benzene rings is 1. The molecule has 0 fully saturated rings. The molecule has 0 radical (unpaired) electrons. The highest BCUT2D eigenvalue weighted by Gasteiger charge is 2.14. The van der Waals surface area contributed by atoms with Crippen LogP contribution in [0.3, 0.4) is 0 Å². The molecule has 1 unspecified atom stereocenters. The molecule has 0 aliphatic heterocycles. The van der Waals surface area contributed by atoms with E-state index in [1.54, 1.807) is 18.3 Å². The molecule has 0 saturated carbocycles. The van der Waals surface area contributed by atoms with Crippen LogP contribution in [0.2, 0.25) is 0 Å². The fraction of sp³-hybridized carbons (Fsp3) is 0.312. The van der Waals surface area contributed by atoms with Crippen molar-refractivity contribution < 1.29 is 4.39 Å². The van der Waals surface area contributed by atoms with E-state index in [4.69, 9.17) is 0 Å². The van der Waals surface area contributed by atoms with Gasteiger partial charge in [0.1, 0.15) is 5.82 Å². The van der Waals surface area contributed by atoms with Crippen molar-refractivity contribution in [3.05, 3.63) is 62.5 Å². The molecule has 112 valence electrons. The minimum absolute atomic E-state index is 0.0728. The molecule has 0 spiro atoms. The molecule has 1 N–H and O–H groups in total. The van der Waals surface area contributed by atoms with Crippen molar-refractivity contribution in [1.82, 2.24) is 10.3 Å². The molecule has 0 saturated heterocycles. The van der Waals surface area contributed by atoms with E-state index in [0.717, 1.165) is 35.0 Å². The standard InChI is InChI=1S/C16H17Br2FN2/c1-2-5-21-16(7-11-6-13(17)10-20-9-11)12-3-4-14(18)15(19)8-12/h3-4,6,8-10,16,21H,2,5,7H2,1H3. The first-order valence-electron chi connectivity index (χ1n) is 6.88. The maximum Gasteiger partial charge on any atom is 0.137 e. The summed E-state index contributed by atoms with van der Waals surface area (Å²) in [6.07, 6.45) is 5.41. The van der Waals surface area contributed by atoms with Gasteiger partial charge in [-0.2, -0.15) is 0 Å². The van der Waals surface area contributed by atoms with Crippen LogP contribution in [-0.2, 0) is 6.42 Å². The quantitative estimate of drug-likeness (QED) is 0.715. The van der Waals surface area contributed by atoms with Gasteiger partial charge in [0, 0.05) is 22.9 Å². The predicted molar refractivity (Wildman–Crippen MR) is 90.8 cm³/mol. The zero-order valence-electron chi connectivity index (χ0n) is 11.7. The van der Waals surface area contributed by atoms with Gasteiger partial charge in [0.25, 0.3) is 0 Å². The van der Waals surface area contributed by atoms with E-state index >= 15 is 0 Å². The summed E-state index contributed by atoms with van der Waals surface area (Å²) in [4.78, 5) is 4.19. The van der Waals surface area contributed by atoms with E-state index in [1.165, 1.54) is 0 Å². The van der Waals surface area contributed by atoms with Crippen molar-refractivity contribution in [2.75, 3.05) is 6.54 Å². The first-order valence-corrected chi connectivity index (χ1v) is 8.46. The Morgan fingerprint density at radius 1 is 1.24 bits per heavy atom. The average molecular weight is 416 g/mol. The molecule has 0 amide bonds. The summed E-state index contributed by atoms with van der Waals surface area (Å²) < 4.78 is 15.2. The minimum atomic E-state index is -0.233. The summed E-state index contributed by atoms with van der Waals surface area (Å²) in [6.45, 7) is 3.01.